The van der Waals surface area contributed by atoms with Gasteiger partial charge in [-0.15, -0.1) is 0 Å². The molecule has 0 amide bonds. The highest BCUT2D eigenvalue weighted by Gasteiger charge is 2.21. The molecule has 0 aliphatic heterocycles. The fourth-order valence-corrected chi connectivity index (χ4v) is 3.13. The van der Waals surface area contributed by atoms with Crippen LogP contribution in [0.3, 0.4) is 0 Å². The summed E-state index contributed by atoms with van der Waals surface area (Å²) in [5.41, 5.74) is 2.34. The van der Waals surface area contributed by atoms with Crippen molar-refractivity contribution in [2.45, 2.75) is 6.92 Å². The molecule has 1 N–H and O–H groups in total. The average Bonchev–Trinajstić information content (AvgIpc) is 2.62. The summed E-state index contributed by atoms with van der Waals surface area (Å²) in [6.45, 7) is 1.91. The zero-order chi connectivity index (χ0) is 17.8. The molecule has 2 aromatic carbocycles. The summed E-state index contributed by atoms with van der Waals surface area (Å²) in [5.74, 6) is -0.630. The van der Waals surface area contributed by atoms with E-state index in [0.717, 1.165) is 15.6 Å². The molecule has 0 atom stereocenters. The van der Waals surface area contributed by atoms with Crippen LogP contribution in [-0.4, -0.2) is 17.6 Å². The molecule has 0 spiro atoms. The van der Waals surface area contributed by atoms with Crippen LogP contribution in [0.4, 0.5) is 0 Å². The molecule has 3 rings (SSSR count). The molecular formula is C20H16BrNO3. The second-order valence-electron chi connectivity index (χ2n) is 5.37. The van der Waals surface area contributed by atoms with Gasteiger partial charge < -0.3 is 9.72 Å². The lowest BCUT2D eigenvalue weighted by Gasteiger charge is -2.12. The van der Waals surface area contributed by atoms with Gasteiger partial charge in [-0.2, -0.15) is 0 Å². The van der Waals surface area contributed by atoms with E-state index < -0.39 is 11.5 Å². The molecule has 0 bridgehead atoms. The van der Waals surface area contributed by atoms with E-state index in [0.29, 0.717) is 11.3 Å². The van der Waals surface area contributed by atoms with Crippen molar-refractivity contribution in [2.24, 2.45) is 0 Å². The van der Waals surface area contributed by atoms with Crippen LogP contribution in [0.25, 0.3) is 22.4 Å². The Morgan fingerprint density at radius 3 is 2.40 bits per heavy atom. The third-order valence-corrected chi connectivity index (χ3v) is 4.45. The minimum atomic E-state index is -0.630. The zero-order valence-corrected chi connectivity index (χ0v) is 15.2. The van der Waals surface area contributed by atoms with Crippen LogP contribution in [0, 0.1) is 0 Å². The molecule has 5 heteroatoms. The Bertz CT molecular complexity index is 964. The average molecular weight is 398 g/mol. The maximum atomic E-state index is 12.7. The van der Waals surface area contributed by atoms with Gasteiger partial charge in [0.1, 0.15) is 5.56 Å². The van der Waals surface area contributed by atoms with Crippen LogP contribution in [-0.2, 0) is 4.74 Å². The number of hydrogen-bond acceptors (Lipinski definition) is 3. The van der Waals surface area contributed by atoms with Crippen LogP contribution in [0.2, 0.25) is 0 Å². The molecule has 0 saturated carbocycles. The number of aromatic amines is 1. The summed E-state index contributed by atoms with van der Waals surface area (Å²) in [5, 5.41) is 0. The molecule has 0 aliphatic rings. The lowest BCUT2D eigenvalue weighted by molar-refractivity contribution is 0.0525. The van der Waals surface area contributed by atoms with E-state index in [4.69, 9.17) is 4.74 Å². The molecule has 0 radical (unpaired) electrons. The van der Waals surface area contributed by atoms with Gasteiger partial charge in [-0.05, 0) is 30.2 Å². The van der Waals surface area contributed by atoms with E-state index in [2.05, 4.69) is 20.9 Å². The summed E-state index contributed by atoms with van der Waals surface area (Å²) < 4.78 is 5.88. The van der Waals surface area contributed by atoms with E-state index >= 15 is 0 Å². The second kappa shape index (κ2) is 7.49. The Balaban J connectivity index is 2.28. The Labute approximate surface area is 153 Å². The van der Waals surface area contributed by atoms with Crippen LogP contribution < -0.4 is 5.56 Å². The summed E-state index contributed by atoms with van der Waals surface area (Å²) in [6, 6.07) is 18.8. The smallest absolute Gasteiger partial charge is 0.344 e. The van der Waals surface area contributed by atoms with Crippen molar-refractivity contribution in [3.05, 3.63) is 81.1 Å². The zero-order valence-electron chi connectivity index (χ0n) is 13.6. The number of rotatable bonds is 4. The standard InChI is InChI=1S/C20H16BrNO3/c1-2-25-20(24)18-15(14-10-6-7-11-16(14)21)12-17(22-19(18)23)13-8-4-3-5-9-13/h3-12H,2H2,1H3,(H,22,23). The van der Waals surface area contributed by atoms with Crippen molar-refractivity contribution in [2.75, 3.05) is 6.61 Å². The Kier molecular flexibility index (Phi) is 5.14. The van der Waals surface area contributed by atoms with E-state index in [1.165, 1.54) is 0 Å². The van der Waals surface area contributed by atoms with E-state index in [1.54, 1.807) is 6.92 Å². The van der Waals surface area contributed by atoms with E-state index in [9.17, 15) is 9.59 Å². The number of pyridine rings is 1. The normalized spacial score (nSPS) is 10.5. The molecule has 0 fully saturated rings. The van der Waals surface area contributed by atoms with Gasteiger partial charge in [0.2, 0.25) is 0 Å². The topological polar surface area (TPSA) is 59.2 Å². The van der Waals surface area contributed by atoms with E-state index in [1.807, 2.05) is 60.7 Å². The number of aromatic nitrogens is 1. The third kappa shape index (κ3) is 3.56. The third-order valence-electron chi connectivity index (χ3n) is 3.76. The predicted molar refractivity (Wildman–Crippen MR) is 102 cm³/mol. The molecule has 0 saturated heterocycles. The first-order valence-electron chi connectivity index (χ1n) is 7.86. The van der Waals surface area contributed by atoms with Gasteiger partial charge in [0, 0.05) is 15.7 Å². The quantitative estimate of drug-likeness (QED) is 0.651. The molecule has 25 heavy (non-hydrogen) atoms. The number of carbonyl (C=O) groups is 1. The first-order valence-corrected chi connectivity index (χ1v) is 8.66. The minimum Gasteiger partial charge on any atom is -0.462 e. The lowest BCUT2D eigenvalue weighted by atomic mass is 9.98. The highest BCUT2D eigenvalue weighted by Crippen LogP contribution is 2.32. The number of hydrogen-bond donors (Lipinski definition) is 1. The van der Waals surface area contributed by atoms with Crippen LogP contribution >= 0.6 is 15.9 Å². The van der Waals surface area contributed by atoms with Crippen molar-refractivity contribution in [3.63, 3.8) is 0 Å². The fourth-order valence-electron chi connectivity index (χ4n) is 2.63. The van der Waals surface area contributed by atoms with Crippen LogP contribution in [0.5, 0.6) is 0 Å². The van der Waals surface area contributed by atoms with Gasteiger partial charge in [-0.3, -0.25) is 4.79 Å². The molecule has 126 valence electrons. The van der Waals surface area contributed by atoms with Crippen LogP contribution in [0.1, 0.15) is 17.3 Å². The van der Waals surface area contributed by atoms with Gasteiger partial charge >= 0.3 is 5.97 Å². The molecule has 0 aliphatic carbocycles. The predicted octanol–water partition coefficient (Wildman–Crippen LogP) is 4.65. The summed E-state index contributed by atoms with van der Waals surface area (Å²) in [4.78, 5) is 27.8. The van der Waals surface area contributed by atoms with Gasteiger partial charge in [0.25, 0.3) is 5.56 Å². The molecular weight excluding hydrogens is 382 g/mol. The second-order valence-corrected chi connectivity index (χ2v) is 6.22. The Morgan fingerprint density at radius 1 is 1.04 bits per heavy atom. The van der Waals surface area contributed by atoms with Gasteiger partial charge in [0.05, 0.1) is 6.61 Å². The number of benzene rings is 2. The summed E-state index contributed by atoms with van der Waals surface area (Å²) in [7, 11) is 0. The molecule has 1 heterocycles. The summed E-state index contributed by atoms with van der Waals surface area (Å²) >= 11 is 3.50. The highest BCUT2D eigenvalue weighted by molar-refractivity contribution is 9.10. The van der Waals surface area contributed by atoms with Crippen molar-refractivity contribution in [1.29, 1.82) is 0 Å². The maximum Gasteiger partial charge on any atom is 0.344 e. The lowest BCUT2D eigenvalue weighted by Crippen LogP contribution is -2.22. The fraction of sp³-hybridized carbons (Fsp3) is 0.100. The van der Waals surface area contributed by atoms with Crippen molar-refractivity contribution in [1.82, 2.24) is 4.98 Å². The number of nitrogens with one attached hydrogen (secondary N) is 1. The van der Waals surface area contributed by atoms with E-state index in [-0.39, 0.29) is 12.2 Å². The molecule has 0 unspecified atom stereocenters. The van der Waals surface area contributed by atoms with Crippen molar-refractivity contribution in [3.8, 4) is 22.4 Å². The first-order chi connectivity index (χ1) is 12.1. The number of carbonyl (C=O) groups excluding carboxylic acids is 1. The Morgan fingerprint density at radius 2 is 1.72 bits per heavy atom. The van der Waals surface area contributed by atoms with Gasteiger partial charge in [-0.1, -0.05) is 64.5 Å². The molecule has 4 nitrogen and oxygen atoms in total. The maximum absolute atomic E-state index is 12.7. The molecule has 3 aromatic rings. The number of halogens is 1. The number of esters is 1. The highest BCUT2D eigenvalue weighted by atomic mass is 79.9. The number of ether oxygens (including phenoxy) is 1. The molecule has 1 aromatic heterocycles. The van der Waals surface area contributed by atoms with Crippen LogP contribution in [0.15, 0.2) is 69.9 Å². The van der Waals surface area contributed by atoms with Crippen molar-refractivity contribution >= 4 is 21.9 Å². The van der Waals surface area contributed by atoms with Gasteiger partial charge in [-0.25, -0.2) is 4.79 Å². The monoisotopic (exact) mass is 397 g/mol. The SMILES string of the molecule is CCOC(=O)c1c(-c2ccccc2Br)cc(-c2ccccc2)[nH]c1=O. The minimum absolute atomic E-state index is 0.00781. The number of H-pyrrole nitrogens is 1. The largest absolute Gasteiger partial charge is 0.462 e. The first kappa shape index (κ1) is 17.2. The summed E-state index contributed by atoms with van der Waals surface area (Å²) in [6.07, 6.45) is 0. The van der Waals surface area contributed by atoms with Gasteiger partial charge in [0.15, 0.2) is 0 Å². The van der Waals surface area contributed by atoms with Crippen molar-refractivity contribution < 1.29 is 9.53 Å². The Hall–Kier alpha value is -2.66.